The summed E-state index contributed by atoms with van der Waals surface area (Å²) in [5.74, 6) is 0.158. The molecule has 1 unspecified atom stereocenters. The highest BCUT2D eigenvalue weighted by Crippen LogP contribution is 2.17. The van der Waals surface area contributed by atoms with Gasteiger partial charge in [0.15, 0.2) is 15.8 Å². The Hall–Kier alpha value is -0.940. The number of piperidine rings is 1. The molecule has 1 saturated heterocycles. The van der Waals surface area contributed by atoms with Gasteiger partial charge in [0.2, 0.25) is 0 Å². The Balaban J connectivity index is 0.00000450. The van der Waals surface area contributed by atoms with Crippen molar-refractivity contribution < 1.29 is 12.8 Å². The zero-order valence-corrected chi connectivity index (χ0v) is 21.4. The molecule has 2 N–H and O–H groups in total. The highest BCUT2D eigenvalue weighted by molar-refractivity contribution is 14.0. The molecule has 0 aromatic heterocycles. The second-order valence-electron chi connectivity index (χ2n) is 7.84. The largest absolute Gasteiger partial charge is 0.357 e. The summed E-state index contributed by atoms with van der Waals surface area (Å²) in [5.41, 5.74) is 1.18. The van der Waals surface area contributed by atoms with Gasteiger partial charge in [-0.2, -0.15) is 0 Å². The summed E-state index contributed by atoms with van der Waals surface area (Å²) in [6.07, 6.45) is 6.09. The van der Waals surface area contributed by atoms with Crippen LogP contribution >= 0.6 is 24.0 Å². The highest BCUT2D eigenvalue weighted by Gasteiger charge is 2.17. The predicted octanol–water partition coefficient (Wildman–Crippen LogP) is 3.31. The average molecular weight is 555 g/mol. The van der Waals surface area contributed by atoms with Gasteiger partial charge < -0.3 is 15.5 Å². The molecule has 1 fully saturated rings. The van der Waals surface area contributed by atoms with Crippen molar-refractivity contribution in [2.24, 2.45) is 4.99 Å². The van der Waals surface area contributed by atoms with Crippen molar-refractivity contribution in [1.82, 2.24) is 15.5 Å². The van der Waals surface area contributed by atoms with Crippen LogP contribution in [-0.2, 0) is 22.1 Å². The number of hydrogen-bond donors (Lipinski definition) is 2. The van der Waals surface area contributed by atoms with E-state index in [2.05, 4.69) is 27.4 Å². The third-order valence-corrected chi connectivity index (χ3v) is 6.03. The fraction of sp³-hybridized carbons (Fsp3) is 0.667. The monoisotopic (exact) mass is 554 g/mol. The number of rotatable bonds is 9. The molecule has 1 aliphatic heterocycles. The lowest BCUT2D eigenvalue weighted by atomic mass is 10.0. The van der Waals surface area contributed by atoms with E-state index in [1.165, 1.54) is 50.3 Å². The van der Waals surface area contributed by atoms with Crippen LogP contribution < -0.4 is 10.6 Å². The van der Waals surface area contributed by atoms with Crippen molar-refractivity contribution in [1.29, 1.82) is 0 Å². The van der Waals surface area contributed by atoms with Crippen LogP contribution in [0.25, 0.3) is 0 Å². The Morgan fingerprint density at radius 1 is 1.27 bits per heavy atom. The number of hydrogen-bond acceptors (Lipinski definition) is 4. The summed E-state index contributed by atoms with van der Waals surface area (Å²) in [4.78, 5) is 7.08. The average Bonchev–Trinajstić information content (AvgIpc) is 2.65. The zero-order valence-electron chi connectivity index (χ0n) is 18.3. The number of likely N-dealkylation sites (tertiary alicyclic amines) is 1. The second-order valence-corrected chi connectivity index (χ2v) is 9.98. The van der Waals surface area contributed by atoms with Crippen LogP contribution in [0.4, 0.5) is 4.39 Å². The SMILES string of the molecule is CCNC(=NCc1cc(F)ccc1CS(C)(=O)=O)NCCCN1CCCCC1C.I. The van der Waals surface area contributed by atoms with Crippen molar-refractivity contribution in [2.75, 3.05) is 32.4 Å². The first-order chi connectivity index (χ1) is 13.8. The molecule has 1 atom stereocenters. The quantitative estimate of drug-likeness (QED) is 0.212. The van der Waals surface area contributed by atoms with Crippen LogP contribution in [0.5, 0.6) is 0 Å². The number of aliphatic imine (C=N–C) groups is 1. The molecule has 172 valence electrons. The van der Waals surface area contributed by atoms with Crippen molar-refractivity contribution in [2.45, 2.75) is 57.9 Å². The molecule has 2 rings (SSSR count). The molecular weight excluding hydrogens is 518 g/mol. The number of sulfone groups is 1. The molecule has 9 heteroatoms. The number of nitrogens with one attached hydrogen (secondary N) is 2. The van der Waals surface area contributed by atoms with Gasteiger partial charge in [-0.05, 0) is 62.9 Å². The molecule has 0 saturated carbocycles. The van der Waals surface area contributed by atoms with Crippen LogP contribution in [0.3, 0.4) is 0 Å². The maximum absolute atomic E-state index is 13.7. The van der Waals surface area contributed by atoms with E-state index in [0.717, 1.165) is 19.5 Å². The van der Waals surface area contributed by atoms with Gasteiger partial charge in [0.25, 0.3) is 0 Å². The van der Waals surface area contributed by atoms with Gasteiger partial charge >= 0.3 is 0 Å². The Kier molecular flexibility index (Phi) is 12.2. The van der Waals surface area contributed by atoms with Crippen LogP contribution in [-0.4, -0.2) is 57.8 Å². The Bertz CT molecular complexity index is 789. The standard InChI is InChI=1S/C21H35FN4O2S.HI/c1-4-23-21(24-11-7-13-26-12-6-5-8-17(26)2)25-15-19-14-20(22)10-9-18(19)16-29(3,27)28;/h9-10,14,17H,4-8,11-13,15-16H2,1-3H3,(H2,23,24,25);1H. The molecule has 1 aromatic carbocycles. The van der Waals surface area contributed by atoms with E-state index in [-0.39, 0.29) is 42.1 Å². The fourth-order valence-electron chi connectivity index (χ4n) is 3.65. The molecule has 1 aromatic rings. The predicted molar refractivity (Wildman–Crippen MR) is 133 cm³/mol. The summed E-state index contributed by atoms with van der Waals surface area (Å²) >= 11 is 0. The van der Waals surface area contributed by atoms with Gasteiger partial charge in [-0.1, -0.05) is 12.5 Å². The summed E-state index contributed by atoms with van der Waals surface area (Å²) in [7, 11) is -3.20. The van der Waals surface area contributed by atoms with E-state index >= 15 is 0 Å². The van der Waals surface area contributed by atoms with Crippen molar-refractivity contribution in [3.05, 3.63) is 35.1 Å². The third kappa shape index (κ3) is 9.91. The number of guanidine groups is 1. The number of nitrogens with zero attached hydrogens (tertiary/aromatic N) is 2. The van der Waals surface area contributed by atoms with E-state index in [1.54, 1.807) is 0 Å². The van der Waals surface area contributed by atoms with Crippen molar-refractivity contribution in [3.8, 4) is 0 Å². The molecule has 0 amide bonds. The van der Waals surface area contributed by atoms with Crippen LogP contribution in [0, 0.1) is 5.82 Å². The first kappa shape index (κ1) is 27.1. The summed E-state index contributed by atoms with van der Waals surface area (Å²) in [6.45, 7) is 8.27. The molecule has 1 aliphatic rings. The van der Waals surface area contributed by atoms with Gasteiger partial charge in [-0.15, -0.1) is 24.0 Å². The molecule has 30 heavy (non-hydrogen) atoms. The molecule has 0 bridgehead atoms. The van der Waals surface area contributed by atoms with Crippen LogP contribution in [0.15, 0.2) is 23.2 Å². The normalized spacial score (nSPS) is 18.0. The smallest absolute Gasteiger partial charge is 0.191 e. The summed E-state index contributed by atoms with van der Waals surface area (Å²) < 4.78 is 37.0. The van der Waals surface area contributed by atoms with Gasteiger partial charge in [-0.25, -0.2) is 17.8 Å². The Morgan fingerprint density at radius 3 is 2.70 bits per heavy atom. The van der Waals surface area contributed by atoms with Gasteiger partial charge in [-0.3, -0.25) is 0 Å². The van der Waals surface area contributed by atoms with Gasteiger partial charge in [0.1, 0.15) is 5.82 Å². The lowest BCUT2D eigenvalue weighted by Crippen LogP contribution is -2.41. The first-order valence-electron chi connectivity index (χ1n) is 10.5. The fourth-order valence-corrected chi connectivity index (χ4v) is 4.50. The topological polar surface area (TPSA) is 73.8 Å². The minimum absolute atomic E-state index is 0. The van der Waals surface area contributed by atoms with E-state index < -0.39 is 9.84 Å². The minimum atomic E-state index is -3.20. The van der Waals surface area contributed by atoms with E-state index in [4.69, 9.17) is 0 Å². The van der Waals surface area contributed by atoms with E-state index in [0.29, 0.717) is 29.7 Å². The number of benzene rings is 1. The maximum atomic E-state index is 13.7. The van der Waals surface area contributed by atoms with Crippen LogP contribution in [0.1, 0.15) is 50.7 Å². The van der Waals surface area contributed by atoms with Gasteiger partial charge in [0.05, 0.1) is 12.3 Å². The number of halogens is 2. The molecule has 0 spiro atoms. The van der Waals surface area contributed by atoms with Gasteiger partial charge in [0, 0.05) is 31.9 Å². The third-order valence-electron chi connectivity index (χ3n) is 5.19. The van der Waals surface area contributed by atoms with Crippen LogP contribution in [0.2, 0.25) is 0 Å². The van der Waals surface area contributed by atoms with E-state index in [9.17, 15) is 12.8 Å². The second kappa shape index (κ2) is 13.5. The Labute approximate surface area is 198 Å². The molecule has 0 aliphatic carbocycles. The molecule has 0 radical (unpaired) electrons. The lowest BCUT2D eigenvalue weighted by Gasteiger charge is -2.33. The van der Waals surface area contributed by atoms with Crippen molar-refractivity contribution in [3.63, 3.8) is 0 Å². The molecular formula is C21H36FIN4O2S. The maximum Gasteiger partial charge on any atom is 0.191 e. The highest BCUT2D eigenvalue weighted by atomic mass is 127. The van der Waals surface area contributed by atoms with Crippen molar-refractivity contribution >= 4 is 39.8 Å². The Morgan fingerprint density at radius 2 is 2.03 bits per heavy atom. The minimum Gasteiger partial charge on any atom is -0.357 e. The van der Waals surface area contributed by atoms with E-state index in [1.807, 2.05) is 6.92 Å². The summed E-state index contributed by atoms with van der Waals surface area (Å²) in [6, 6.07) is 4.85. The molecule has 1 heterocycles. The molecule has 6 nitrogen and oxygen atoms in total. The zero-order chi connectivity index (χ0) is 21.3. The lowest BCUT2D eigenvalue weighted by molar-refractivity contribution is 0.159. The summed E-state index contributed by atoms with van der Waals surface area (Å²) in [5, 5.41) is 6.52. The first-order valence-corrected chi connectivity index (χ1v) is 12.6.